The van der Waals surface area contributed by atoms with Crippen LogP contribution in [0.25, 0.3) is 28.1 Å². The topological polar surface area (TPSA) is 93.8 Å². The highest BCUT2D eigenvalue weighted by Crippen LogP contribution is 2.40. The first-order valence-corrected chi connectivity index (χ1v) is 14.0. The van der Waals surface area contributed by atoms with E-state index in [-0.39, 0.29) is 23.8 Å². The Morgan fingerprint density at radius 3 is 2.62 bits per heavy atom. The molecule has 9 nitrogen and oxygen atoms in total. The first-order valence-electron chi connectivity index (χ1n) is 14.0. The van der Waals surface area contributed by atoms with E-state index >= 15 is 0 Å². The molecule has 6 heterocycles. The van der Waals surface area contributed by atoms with Gasteiger partial charge in [-0.3, -0.25) is 14.0 Å². The maximum Gasteiger partial charge on any atom is 0.254 e. The van der Waals surface area contributed by atoms with E-state index in [0.29, 0.717) is 34.7 Å². The van der Waals surface area contributed by atoms with Crippen molar-refractivity contribution in [3.05, 3.63) is 47.3 Å². The minimum atomic E-state index is -0.0454. The molecule has 0 spiro atoms. The van der Waals surface area contributed by atoms with Crippen molar-refractivity contribution < 1.29 is 14.3 Å². The van der Waals surface area contributed by atoms with Gasteiger partial charge in [0.2, 0.25) is 0 Å². The zero-order valence-electron chi connectivity index (χ0n) is 22.9. The molecule has 1 amide bonds. The van der Waals surface area contributed by atoms with Gasteiger partial charge in [0.25, 0.3) is 5.91 Å². The van der Waals surface area contributed by atoms with E-state index in [1.165, 1.54) is 12.8 Å². The third-order valence-corrected chi connectivity index (χ3v) is 9.00. The highest BCUT2D eigenvalue weighted by atomic mass is 16.5. The van der Waals surface area contributed by atoms with E-state index in [1.54, 1.807) is 20.1 Å². The number of aromatic nitrogens is 4. The van der Waals surface area contributed by atoms with Crippen molar-refractivity contribution in [2.75, 3.05) is 14.2 Å². The molecule has 3 unspecified atom stereocenters. The molecule has 3 atom stereocenters. The van der Waals surface area contributed by atoms with Gasteiger partial charge in [0.05, 0.1) is 18.5 Å². The van der Waals surface area contributed by atoms with E-state index in [2.05, 4.69) is 20.9 Å². The largest absolute Gasteiger partial charge is 0.482 e. The second-order valence-electron chi connectivity index (χ2n) is 11.4. The third-order valence-electron chi connectivity index (χ3n) is 9.00. The number of rotatable bonds is 7. The molecule has 2 saturated heterocycles. The minimum absolute atomic E-state index is 0.0454. The van der Waals surface area contributed by atoms with Crippen LogP contribution in [0, 0.1) is 12.8 Å². The Morgan fingerprint density at radius 1 is 1.10 bits per heavy atom. The van der Waals surface area contributed by atoms with Crippen LogP contribution in [0.1, 0.15) is 65.6 Å². The molecule has 3 aliphatic rings. The van der Waals surface area contributed by atoms with Crippen LogP contribution in [0.4, 0.5) is 0 Å². The molecule has 202 valence electrons. The van der Waals surface area contributed by atoms with Gasteiger partial charge in [-0.2, -0.15) is 0 Å². The van der Waals surface area contributed by atoms with Gasteiger partial charge in [-0.15, -0.1) is 0 Å². The predicted molar refractivity (Wildman–Crippen MR) is 148 cm³/mol. The standard InChI is InChI=1S/C30H34N6O3/c1-16-28(25-11-19-7-9-22(17(2)37)32-29(19)34(25)15-18-5-6-18)33-26-12-20(13-27(39-4)35(16)26)30(38)36-21-8-10-24(36)23(14-21)31-3/h7,9,11-13,18,21,23-24,31H,5-6,8,10,14-15H2,1-4H3. The van der Waals surface area contributed by atoms with Gasteiger partial charge in [-0.25, -0.2) is 9.97 Å². The number of hydrogen-bond acceptors (Lipinski definition) is 6. The molecule has 4 aromatic heterocycles. The molecule has 2 aliphatic heterocycles. The van der Waals surface area contributed by atoms with Crippen LogP contribution in [0.3, 0.4) is 0 Å². The lowest BCUT2D eigenvalue weighted by Crippen LogP contribution is -2.41. The van der Waals surface area contributed by atoms with Crippen molar-refractivity contribution in [2.45, 2.75) is 70.6 Å². The zero-order chi connectivity index (χ0) is 27.0. The molecule has 1 aliphatic carbocycles. The molecule has 0 aromatic carbocycles. The maximum atomic E-state index is 13.8. The van der Waals surface area contributed by atoms with E-state index in [0.717, 1.165) is 53.9 Å². The molecular formula is C30H34N6O3. The number of carbonyl (C=O) groups excluding carboxylic acids is 2. The maximum absolute atomic E-state index is 13.8. The van der Waals surface area contributed by atoms with E-state index in [4.69, 9.17) is 14.7 Å². The molecule has 39 heavy (non-hydrogen) atoms. The quantitative estimate of drug-likeness (QED) is 0.362. The van der Waals surface area contributed by atoms with E-state index in [1.807, 2.05) is 36.6 Å². The Balaban J connectivity index is 1.35. The van der Waals surface area contributed by atoms with Gasteiger partial charge >= 0.3 is 0 Å². The van der Waals surface area contributed by atoms with Gasteiger partial charge < -0.3 is 19.5 Å². The van der Waals surface area contributed by atoms with E-state index in [9.17, 15) is 9.59 Å². The molecule has 3 fully saturated rings. The Bertz CT molecular complexity index is 1650. The number of amides is 1. The number of likely N-dealkylation sites (N-methyl/N-ethyl adjacent to an activating group) is 1. The summed E-state index contributed by atoms with van der Waals surface area (Å²) < 4.78 is 10.0. The Kier molecular flexibility index (Phi) is 5.56. The molecule has 7 rings (SSSR count). The Labute approximate surface area is 227 Å². The molecule has 1 N–H and O–H groups in total. The van der Waals surface area contributed by atoms with Crippen LogP contribution in [0.2, 0.25) is 0 Å². The van der Waals surface area contributed by atoms with Crippen LogP contribution in [0.5, 0.6) is 5.88 Å². The lowest BCUT2D eigenvalue weighted by atomic mass is 9.96. The van der Waals surface area contributed by atoms with Crippen LogP contribution >= 0.6 is 0 Å². The van der Waals surface area contributed by atoms with Gasteiger partial charge in [0.15, 0.2) is 11.7 Å². The van der Waals surface area contributed by atoms with Gasteiger partial charge in [-0.1, -0.05) is 0 Å². The number of ether oxygens (including phenoxy) is 1. The first-order chi connectivity index (χ1) is 18.9. The SMILES string of the molecule is CNC1CC2CCC1N2C(=O)c1cc(OC)n2c(C)c(-c3cc4ccc(C(C)=O)nc4n3CC3CC3)nc2c1. The summed E-state index contributed by atoms with van der Waals surface area (Å²) in [6.07, 6.45) is 5.50. The Hall–Kier alpha value is -3.72. The van der Waals surface area contributed by atoms with E-state index < -0.39 is 0 Å². The van der Waals surface area contributed by atoms with Gasteiger partial charge in [0, 0.05) is 48.6 Å². The van der Waals surface area contributed by atoms with Gasteiger partial charge in [0.1, 0.15) is 22.7 Å². The van der Waals surface area contributed by atoms with Crippen molar-refractivity contribution in [1.82, 2.24) is 29.2 Å². The van der Waals surface area contributed by atoms with Crippen LogP contribution < -0.4 is 10.1 Å². The number of pyridine rings is 2. The van der Waals surface area contributed by atoms with Crippen molar-refractivity contribution >= 4 is 28.4 Å². The lowest BCUT2D eigenvalue weighted by Gasteiger charge is -2.24. The number of hydrogen-bond donors (Lipinski definition) is 1. The van der Waals surface area contributed by atoms with Crippen molar-refractivity contribution in [1.29, 1.82) is 0 Å². The lowest BCUT2D eigenvalue weighted by molar-refractivity contribution is 0.0723. The molecule has 0 radical (unpaired) electrons. The van der Waals surface area contributed by atoms with Crippen molar-refractivity contribution in [3.63, 3.8) is 0 Å². The Morgan fingerprint density at radius 2 is 1.92 bits per heavy atom. The molecule has 4 aromatic rings. The second-order valence-corrected chi connectivity index (χ2v) is 11.4. The predicted octanol–water partition coefficient (Wildman–Crippen LogP) is 4.25. The number of nitrogens with zero attached hydrogens (tertiary/aromatic N) is 5. The van der Waals surface area contributed by atoms with Crippen molar-refractivity contribution in [3.8, 4) is 17.3 Å². The summed E-state index contributed by atoms with van der Waals surface area (Å²) in [7, 11) is 3.62. The number of carbonyl (C=O) groups is 2. The summed E-state index contributed by atoms with van der Waals surface area (Å²) in [5.41, 5.74) is 5.31. The number of nitrogens with one attached hydrogen (secondary N) is 1. The zero-order valence-corrected chi connectivity index (χ0v) is 22.9. The van der Waals surface area contributed by atoms with Crippen LogP contribution in [-0.2, 0) is 6.54 Å². The first kappa shape index (κ1) is 24.3. The van der Waals surface area contributed by atoms with Crippen LogP contribution in [-0.4, -0.2) is 67.8 Å². The number of ketones is 1. The average molecular weight is 527 g/mol. The van der Waals surface area contributed by atoms with Gasteiger partial charge in [-0.05, 0) is 76.3 Å². The fourth-order valence-electron chi connectivity index (χ4n) is 6.82. The average Bonchev–Trinajstić information content (AvgIpc) is 3.26. The summed E-state index contributed by atoms with van der Waals surface area (Å²) in [6.45, 7) is 4.42. The monoisotopic (exact) mass is 526 g/mol. The van der Waals surface area contributed by atoms with Crippen molar-refractivity contribution in [2.24, 2.45) is 5.92 Å². The summed E-state index contributed by atoms with van der Waals surface area (Å²) in [5.74, 6) is 1.20. The highest BCUT2D eigenvalue weighted by Gasteiger charge is 2.48. The molecule has 2 bridgehead atoms. The number of aryl methyl sites for hydroxylation is 1. The summed E-state index contributed by atoms with van der Waals surface area (Å²) >= 11 is 0. The normalized spacial score (nSPS) is 22.4. The summed E-state index contributed by atoms with van der Waals surface area (Å²) in [4.78, 5) is 37.8. The molecular weight excluding hydrogens is 492 g/mol. The second kappa shape index (κ2) is 8.91. The minimum Gasteiger partial charge on any atom is -0.482 e. The third kappa shape index (κ3) is 3.77. The number of fused-ring (bicyclic) bond motifs is 4. The summed E-state index contributed by atoms with van der Waals surface area (Å²) in [6, 6.07) is 10.5. The fraction of sp³-hybridized carbons (Fsp3) is 0.467. The van der Waals surface area contributed by atoms with Crippen LogP contribution in [0.15, 0.2) is 30.3 Å². The molecule has 1 saturated carbocycles. The number of Topliss-reactive ketones (excluding diaryl/α,β-unsaturated/α-hetero) is 1. The smallest absolute Gasteiger partial charge is 0.254 e. The summed E-state index contributed by atoms with van der Waals surface area (Å²) in [5, 5.41) is 4.38. The molecule has 9 heteroatoms. The number of imidazole rings is 1. The fourth-order valence-corrected chi connectivity index (χ4v) is 6.82. The highest BCUT2D eigenvalue weighted by molar-refractivity contribution is 5.97. The number of methoxy groups -OCH3 is 1.